The first-order chi connectivity index (χ1) is 16.9. The average Bonchev–Trinajstić information content (AvgIpc) is 2.84. The number of halogens is 2. The second kappa shape index (κ2) is 13.5. The minimum Gasteiger partial charge on any atom is -0.476 e. The van der Waals surface area contributed by atoms with E-state index < -0.39 is 11.9 Å². The number of piperazine rings is 1. The number of amides is 1. The number of ether oxygens (including phenoxy) is 1. The van der Waals surface area contributed by atoms with E-state index in [0.717, 1.165) is 38.3 Å². The zero-order valence-corrected chi connectivity index (χ0v) is 19.9. The molecule has 3 rings (SSSR count). The summed E-state index contributed by atoms with van der Waals surface area (Å²) >= 11 is 0. The Kier molecular flexibility index (Phi) is 10.1. The lowest BCUT2D eigenvalue weighted by atomic mass is 10.0. The minimum atomic E-state index is -1.05. The minimum absolute atomic E-state index is 0.0793. The molecule has 4 N–H and O–H groups in total. The summed E-state index contributed by atoms with van der Waals surface area (Å²) in [5.74, 6) is -0.418. The third-order valence-electron chi connectivity index (χ3n) is 5.48. The number of hydrogen-bond acceptors (Lipinski definition) is 6. The van der Waals surface area contributed by atoms with Gasteiger partial charge in [0.25, 0.3) is 6.09 Å². The van der Waals surface area contributed by atoms with Crippen molar-refractivity contribution < 1.29 is 18.3 Å². The first kappa shape index (κ1) is 26.2. The number of benzene rings is 1. The summed E-state index contributed by atoms with van der Waals surface area (Å²) < 4.78 is 33.2. The summed E-state index contributed by atoms with van der Waals surface area (Å²) in [4.78, 5) is 22.3. The Morgan fingerprint density at radius 2 is 2.06 bits per heavy atom. The van der Waals surface area contributed by atoms with E-state index in [2.05, 4.69) is 25.5 Å². The van der Waals surface area contributed by atoms with Crippen LogP contribution in [-0.4, -0.2) is 67.8 Å². The van der Waals surface area contributed by atoms with Gasteiger partial charge < -0.3 is 21.1 Å². The van der Waals surface area contributed by atoms with Gasteiger partial charge in [0.1, 0.15) is 12.4 Å². The third kappa shape index (κ3) is 8.73. The summed E-state index contributed by atoms with van der Waals surface area (Å²) in [6.45, 7) is 7.06. The van der Waals surface area contributed by atoms with Crippen LogP contribution in [0.3, 0.4) is 0 Å². The van der Waals surface area contributed by atoms with E-state index in [4.69, 9.17) is 10.5 Å². The quantitative estimate of drug-likeness (QED) is 0.256. The molecule has 1 aromatic carbocycles. The Morgan fingerprint density at radius 1 is 1.31 bits per heavy atom. The molecule has 8 nitrogen and oxygen atoms in total. The lowest BCUT2D eigenvalue weighted by Gasteiger charge is -2.26. The summed E-state index contributed by atoms with van der Waals surface area (Å²) in [6, 6.07) is 8.29. The number of nitrogens with zero attached hydrogens (tertiary/aromatic N) is 3. The van der Waals surface area contributed by atoms with Crippen LogP contribution in [0, 0.1) is 5.82 Å². The van der Waals surface area contributed by atoms with Gasteiger partial charge in [0.2, 0.25) is 11.8 Å². The molecule has 0 spiro atoms. The van der Waals surface area contributed by atoms with E-state index in [1.165, 1.54) is 12.3 Å². The number of carbonyl (C=O) groups is 1. The van der Waals surface area contributed by atoms with Crippen LogP contribution in [0.4, 0.5) is 8.78 Å². The molecule has 10 heteroatoms. The van der Waals surface area contributed by atoms with Crippen molar-refractivity contribution in [1.82, 2.24) is 20.5 Å². The number of aromatic nitrogens is 1. The number of hydrogen-bond donors (Lipinski definition) is 3. The zero-order chi connectivity index (χ0) is 25.0. The van der Waals surface area contributed by atoms with Gasteiger partial charge in [0, 0.05) is 50.6 Å². The van der Waals surface area contributed by atoms with Gasteiger partial charge in [-0.05, 0) is 17.5 Å². The maximum Gasteiger partial charge on any atom is 0.280 e. The molecule has 1 fully saturated rings. The Labute approximate surface area is 204 Å². The fourth-order valence-corrected chi connectivity index (χ4v) is 3.69. The van der Waals surface area contributed by atoms with Crippen molar-refractivity contribution in [1.29, 1.82) is 0 Å². The maximum absolute atomic E-state index is 14.7. The molecule has 35 heavy (non-hydrogen) atoms. The van der Waals surface area contributed by atoms with Crippen LogP contribution >= 0.6 is 0 Å². The molecule has 1 amide bonds. The number of rotatable bonds is 11. The monoisotopic (exact) mass is 486 g/mol. The van der Waals surface area contributed by atoms with E-state index in [1.54, 1.807) is 30.3 Å². The van der Waals surface area contributed by atoms with E-state index in [0.29, 0.717) is 29.9 Å². The van der Waals surface area contributed by atoms with E-state index in [1.807, 2.05) is 6.92 Å². The Balaban J connectivity index is 1.51. The SMILES string of the molecule is CC/C=C(/CNC(=O)Cc1ccc(-c2cnc(OCCN3CCNCC3)cc2F)cc1)N=C(N)F. The first-order valence-electron chi connectivity index (χ1n) is 11.7. The van der Waals surface area contributed by atoms with Crippen molar-refractivity contribution in [2.45, 2.75) is 19.8 Å². The average molecular weight is 487 g/mol. The lowest BCUT2D eigenvalue weighted by Crippen LogP contribution is -2.44. The molecule has 188 valence electrons. The van der Waals surface area contributed by atoms with E-state index in [-0.39, 0.29) is 24.8 Å². The zero-order valence-electron chi connectivity index (χ0n) is 19.9. The van der Waals surface area contributed by atoms with Crippen molar-refractivity contribution >= 4 is 12.0 Å². The predicted molar refractivity (Wildman–Crippen MR) is 132 cm³/mol. The molecule has 0 bridgehead atoms. The number of carbonyl (C=O) groups excluding carboxylic acids is 1. The second-order valence-electron chi connectivity index (χ2n) is 8.13. The van der Waals surface area contributed by atoms with Gasteiger partial charge in [-0.3, -0.25) is 9.69 Å². The van der Waals surface area contributed by atoms with Gasteiger partial charge in [0.15, 0.2) is 0 Å². The number of nitrogens with two attached hydrogens (primary N) is 1. The molecule has 0 atom stereocenters. The molecule has 1 aliphatic heterocycles. The van der Waals surface area contributed by atoms with Crippen LogP contribution in [0.15, 0.2) is 53.3 Å². The molecule has 0 aliphatic carbocycles. The van der Waals surface area contributed by atoms with Gasteiger partial charge in [-0.25, -0.2) is 14.4 Å². The van der Waals surface area contributed by atoms with E-state index in [9.17, 15) is 13.6 Å². The molecule has 2 aromatic rings. The molecule has 0 radical (unpaired) electrons. The van der Waals surface area contributed by atoms with E-state index >= 15 is 0 Å². The molecule has 0 saturated carbocycles. The van der Waals surface area contributed by atoms with Crippen LogP contribution < -0.4 is 21.1 Å². The number of pyridine rings is 1. The van der Waals surface area contributed by atoms with Crippen LogP contribution in [0.2, 0.25) is 0 Å². The molecule has 1 aliphatic rings. The summed E-state index contributed by atoms with van der Waals surface area (Å²) in [5.41, 5.74) is 7.08. The van der Waals surface area contributed by atoms with Gasteiger partial charge in [-0.1, -0.05) is 37.3 Å². The van der Waals surface area contributed by atoms with Crippen LogP contribution in [0.25, 0.3) is 11.1 Å². The highest BCUT2D eigenvalue weighted by Crippen LogP contribution is 2.25. The molecule has 0 unspecified atom stereocenters. The highest BCUT2D eigenvalue weighted by molar-refractivity contribution is 5.79. The van der Waals surface area contributed by atoms with Gasteiger partial charge >= 0.3 is 0 Å². The largest absolute Gasteiger partial charge is 0.476 e. The van der Waals surface area contributed by atoms with Crippen molar-refractivity contribution in [3.63, 3.8) is 0 Å². The van der Waals surface area contributed by atoms with Crippen LogP contribution in [-0.2, 0) is 11.2 Å². The Hall–Kier alpha value is -3.37. The van der Waals surface area contributed by atoms with Crippen molar-refractivity contribution in [2.75, 3.05) is 45.9 Å². The van der Waals surface area contributed by atoms with Crippen LogP contribution in [0.5, 0.6) is 5.88 Å². The summed E-state index contributed by atoms with van der Waals surface area (Å²) in [6.07, 6.45) is 2.85. The Bertz CT molecular complexity index is 1030. The second-order valence-corrected chi connectivity index (χ2v) is 8.13. The van der Waals surface area contributed by atoms with Gasteiger partial charge in [0.05, 0.1) is 18.7 Å². The fraction of sp³-hybridized carbons (Fsp3) is 0.400. The van der Waals surface area contributed by atoms with Gasteiger partial charge in [-0.2, -0.15) is 4.39 Å². The van der Waals surface area contributed by atoms with Crippen molar-refractivity contribution in [3.8, 4) is 17.0 Å². The molecule has 1 saturated heterocycles. The first-order valence-corrected chi connectivity index (χ1v) is 11.7. The number of allylic oxidation sites excluding steroid dienone is 1. The maximum atomic E-state index is 14.7. The third-order valence-corrected chi connectivity index (χ3v) is 5.48. The highest BCUT2D eigenvalue weighted by Gasteiger charge is 2.12. The normalized spacial score (nSPS) is 15.2. The predicted octanol–water partition coefficient (Wildman–Crippen LogP) is 2.41. The molecular formula is C25H32F2N6O2. The Morgan fingerprint density at radius 3 is 2.71 bits per heavy atom. The molecular weight excluding hydrogens is 454 g/mol. The topological polar surface area (TPSA) is 105 Å². The number of aliphatic imine (C=N–C) groups is 1. The van der Waals surface area contributed by atoms with Gasteiger partial charge in [-0.15, -0.1) is 0 Å². The number of amidine groups is 1. The molecule has 2 heterocycles. The lowest BCUT2D eigenvalue weighted by molar-refractivity contribution is -0.120. The standard InChI is InChI=1S/C25H32F2N6O2/c1-2-3-20(32-25(27)28)16-30-23(34)14-18-4-6-19(7-5-18)21-17-31-24(15-22(21)26)35-13-12-33-10-8-29-9-11-33/h3-7,15,17,29H,2,8-14,16H2,1H3,(H2,28,32)(H,30,34)/b20-3-. The summed E-state index contributed by atoms with van der Waals surface area (Å²) in [7, 11) is 0. The smallest absolute Gasteiger partial charge is 0.280 e. The van der Waals surface area contributed by atoms with Crippen LogP contribution in [0.1, 0.15) is 18.9 Å². The fourth-order valence-electron chi connectivity index (χ4n) is 3.69. The highest BCUT2D eigenvalue weighted by atomic mass is 19.1. The van der Waals surface area contributed by atoms with Crippen molar-refractivity contribution in [2.24, 2.45) is 10.7 Å². The molecule has 1 aromatic heterocycles. The van der Waals surface area contributed by atoms with Crippen molar-refractivity contribution in [3.05, 3.63) is 59.7 Å². The summed E-state index contributed by atoms with van der Waals surface area (Å²) in [5, 5.41) is 5.99. The number of nitrogens with one attached hydrogen (secondary N) is 2.